The second-order valence-electron chi connectivity index (χ2n) is 7.35. The maximum atomic E-state index is 12.7. The van der Waals surface area contributed by atoms with Gasteiger partial charge in [-0.15, -0.1) is 0 Å². The lowest BCUT2D eigenvalue weighted by molar-refractivity contribution is -0.130. The van der Waals surface area contributed by atoms with Crippen molar-refractivity contribution in [3.63, 3.8) is 0 Å². The summed E-state index contributed by atoms with van der Waals surface area (Å²) in [5.74, 6) is -0.232. The van der Waals surface area contributed by atoms with E-state index in [1.807, 2.05) is 4.90 Å². The van der Waals surface area contributed by atoms with Crippen LogP contribution in [0.2, 0.25) is 0 Å². The molecular weight excluding hydrogens is 420 g/mol. The van der Waals surface area contributed by atoms with Crippen molar-refractivity contribution >= 4 is 52.2 Å². The standard InChI is InChI=1S/C22H26N2O4S2/c1-28-21(27)17-10-8-16(9-11-17)15-18-20(26)24(22(29)30-18)14-4-2-3-7-19(25)23-12-5-6-13-23/h8-11,15H,2-7,12-14H2,1H3. The molecule has 3 rings (SSSR count). The Morgan fingerprint density at radius 2 is 1.83 bits per heavy atom. The van der Waals surface area contributed by atoms with E-state index in [2.05, 4.69) is 0 Å². The molecule has 2 heterocycles. The predicted octanol–water partition coefficient (Wildman–Crippen LogP) is 3.86. The summed E-state index contributed by atoms with van der Waals surface area (Å²) >= 11 is 6.67. The molecule has 0 spiro atoms. The Balaban J connectivity index is 1.46. The normalized spacial score (nSPS) is 17.8. The molecule has 0 saturated carbocycles. The van der Waals surface area contributed by atoms with E-state index in [4.69, 9.17) is 17.0 Å². The van der Waals surface area contributed by atoms with Gasteiger partial charge in [0.25, 0.3) is 5.91 Å². The van der Waals surface area contributed by atoms with Crippen LogP contribution in [0, 0.1) is 0 Å². The number of hydrogen-bond acceptors (Lipinski definition) is 6. The van der Waals surface area contributed by atoms with Crippen molar-refractivity contribution in [2.75, 3.05) is 26.7 Å². The van der Waals surface area contributed by atoms with Crippen LogP contribution in [-0.2, 0) is 14.3 Å². The number of carbonyl (C=O) groups excluding carboxylic acids is 3. The lowest BCUT2D eigenvalue weighted by Gasteiger charge is -2.16. The highest BCUT2D eigenvalue weighted by atomic mass is 32.2. The molecule has 0 radical (unpaired) electrons. The quantitative estimate of drug-likeness (QED) is 0.261. The van der Waals surface area contributed by atoms with Gasteiger partial charge in [-0.05, 0) is 49.5 Å². The first kappa shape index (κ1) is 22.5. The lowest BCUT2D eigenvalue weighted by atomic mass is 10.1. The van der Waals surface area contributed by atoms with E-state index in [9.17, 15) is 14.4 Å². The Morgan fingerprint density at radius 1 is 1.13 bits per heavy atom. The summed E-state index contributed by atoms with van der Waals surface area (Å²) in [4.78, 5) is 40.4. The van der Waals surface area contributed by atoms with Crippen LogP contribution in [0.4, 0.5) is 0 Å². The first-order valence-corrected chi connectivity index (χ1v) is 11.4. The molecule has 8 heteroatoms. The van der Waals surface area contributed by atoms with Crippen LogP contribution < -0.4 is 0 Å². The molecule has 2 amide bonds. The molecule has 1 aromatic carbocycles. The van der Waals surface area contributed by atoms with Gasteiger partial charge in [-0.25, -0.2) is 4.79 Å². The van der Waals surface area contributed by atoms with Crippen LogP contribution in [0.1, 0.15) is 54.4 Å². The van der Waals surface area contributed by atoms with Crippen LogP contribution >= 0.6 is 24.0 Å². The fourth-order valence-corrected chi connectivity index (χ4v) is 4.83. The number of benzene rings is 1. The van der Waals surface area contributed by atoms with E-state index < -0.39 is 5.97 Å². The summed E-state index contributed by atoms with van der Waals surface area (Å²) in [7, 11) is 1.34. The van der Waals surface area contributed by atoms with Crippen molar-refractivity contribution in [1.29, 1.82) is 0 Å². The number of amides is 2. The Morgan fingerprint density at radius 3 is 2.50 bits per heavy atom. The third kappa shape index (κ3) is 5.70. The SMILES string of the molecule is COC(=O)c1ccc(C=C2SC(=S)N(CCCCCC(=O)N3CCCC3)C2=O)cc1. The summed E-state index contributed by atoms with van der Waals surface area (Å²) in [6.07, 6.45) is 7.15. The van der Waals surface area contributed by atoms with Crippen LogP contribution in [0.3, 0.4) is 0 Å². The van der Waals surface area contributed by atoms with Gasteiger partial charge in [-0.1, -0.05) is 42.5 Å². The highest BCUT2D eigenvalue weighted by molar-refractivity contribution is 8.26. The van der Waals surface area contributed by atoms with Gasteiger partial charge in [0.1, 0.15) is 4.32 Å². The van der Waals surface area contributed by atoms with Gasteiger partial charge in [-0.3, -0.25) is 14.5 Å². The van der Waals surface area contributed by atoms with Crippen molar-refractivity contribution in [3.05, 3.63) is 40.3 Å². The van der Waals surface area contributed by atoms with E-state index in [0.717, 1.165) is 50.8 Å². The summed E-state index contributed by atoms with van der Waals surface area (Å²) in [5, 5.41) is 0. The fraction of sp³-hybridized carbons (Fsp3) is 0.455. The lowest BCUT2D eigenvalue weighted by Crippen LogP contribution is -2.29. The highest BCUT2D eigenvalue weighted by Crippen LogP contribution is 2.32. The fourth-order valence-electron chi connectivity index (χ4n) is 3.52. The second-order valence-corrected chi connectivity index (χ2v) is 9.02. The Hall–Kier alpha value is -2.19. The van der Waals surface area contributed by atoms with Crippen LogP contribution in [0.15, 0.2) is 29.2 Å². The average Bonchev–Trinajstić information content (AvgIpc) is 3.38. The molecule has 2 fully saturated rings. The van der Waals surface area contributed by atoms with Gasteiger partial charge < -0.3 is 9.64 Å². The molecule has 0 aliphatic carbocycles. The number of unbranched alkanes of at least 4 members (excludes halogenated alkanes) is 2. The minimum absolute atomic E-state index is 0.0878. The van der Waals surface area contributed by atoms with Crippen LogP contribution in [-0.4, -0.2) is 58.6 Å². The second kappa shape index (κ2) is 10.7. The van der Waals surface area contributed by atoms with Gasteiger partial charge in [-0.2, -0.15) is 0 Å². The first-order chi connectivity index (χ1) is 14.5. The summed E-state index contributed by atoms with van der Waals surface area (Å²) in [6.45, 7) is 2.36. The molecule has 0 aromatic heterocycles. The topological polar surface area (TPSA) is 66.9 Å². The van der Waals surface area contributed by atoms with Gasteiger partial charge >= 0.3 is 5.97 Å². The van der Waals surface area contributed by atoms with Crippen molar-refractivity contribution in [3.8, 4) is 0 Å². The smallest absolute Gasteiger partial charge is 0.337 e. The van der Waals surface area contributed by atoms with E-state index in [1.54, 1.807) is 35.2 Å². The minimum atomic E-state index is -0.394. The molecule has 0 bridgehead atoms. The number of ether oxygens (including phenoxy) is 1. The zero-order valence-electron chi connectivity index (χ0n) is 17.1. The molecule has 2 aliphatic rings. The maximum Gasteiger partial charge on any atom is 0.337 e. The Kier molecular flexibility index (Phi) is 8.04. The molecule has 2 aliphatic heterocycles. The number of nitrogens with zero attached hydrogens (tertiary/aromatic N) is 2. The van der Waals surface area contributed by atoms with Gasteiger partial charge in [0.05, 0.1) is 17.6 Å². The third-order valence-electron chi connectivity index (χ3n) is 5.23. The van der Waals surface area contributed by atoms with Crippen molar-refractivity contribution < 1.29 is 19.1 Å². The molecule has 0 unspecified atom stereocenters. The van der Waals surface area contributed by atoms with Gasteiger partial charge in [0.15, 0.2) is 0 Å². The van der Waals surface area contributed by atoms with E-state index in [-0.39, 0.29) is 11.8 Å². The number of likely N-dealkylation sites (tertiary alicyclic amines) is 1. The monoisotopic (exact) mass is 446 g/mol. The Labute approximate surface area is 186 Å². The number of methoxy groups -OCH3 is 1. The zero-order valence-corrected chi connectivity index (χ0v) is 18.7. The molecular formula is C22H26N2O4S2. The van der Waals surface area contributed by atoms with E-state index >= 15 is 0 Å². The molecule has 2 saturated heterocycles. The third-order valence-corrected chi connectivity index (χ3v) is 6.61. The number of thioether (sulfide) groups is 1. The van der Waals surface area contributed by atoms with E-state index in [1.165, 1.54) is 18.9 Å². The molecule has 160 valence electrons. The van der Waals surface area contributed by atoms with Crippen LogP contribution in [0.25, 0.3) is 6.08 Å². The zero-order chi connectivity index (χ0) is 21.5. The largest absolute Gasteiger partial charge is 0.465 e. The molecule has 30 heavy (non-hydrogen) atoms. The van der Waals surface area contributed by atoms with Crippen molar-refractivity contribution in [2.24, 2.45) is 0 Å². The average molecular weight is 447 g/mol. The number of hydrogen-bond donors (Lipinski definition) is 0. The Bertz CT molecular complexity index is 845. The summed E-state index contributed by atoms with van der Waals surface area (Å²) in [5.41, 5.74) is 1.29. The van der Waals surface area contributed by atoms with Crippen molar-refractivity contribution in [1.82, 2.24) is 9.80 Å². The predicted molar refractivity (Wildman–Crippen MR) is 122 cm³/mol. The number of thiocarbonyl (C=S) groups is 1. The molecule has 0 N–H and O–H groups in total. The number of esters is 1. The van der Waals surface area contributed by atoms with Gasteiger partial charge in [0, 0.05) is 26.1 Å². The summed E-state index contributed by atoms with van der Waals surface area (Å²) in [6, 6.07) is 6.88. The van der Waals surface area contributed by atoms with E-state index in [0.29, 0.717) is 27.8 Å². The maximum absolute atomic E-state index is 12.7. The minimum Gasteiger partial charge on any atom is -0.465 e. The van der Waals surface area contributed by atoms with Crippen LogP contribution in [0.5, 0.6) is 0 Å². The molecule has 6 nitrogen and oxygen atoms in total. The van der Waals surface area contributed by atoms with Gasteiger partial charge in [0.2, 0.25) is 5.91 Å². The number of rotatable bonds is 8. The molecule has 1 aromatic rings. The number of carbonyl (C=O) groups is 3. The first-order valence-electron chi connectivity index (χ1n) is 10.2. The summed E-state index contributed by atoms with van der Waals surface area (Å²) < 4.78 is 5.25. The highest BCUT2D eigenvalue weighted by Gasteiger charge is 2.31. The van der Waals surface area contributed by atoms with Crippen molar-refractivity contribution in [2.45, 2.75) is 38.5 Å². The molecule has 0 atom stereocenters.